The van der Waals surface area contributed by atoms with Crippen LogP contribution in [0.25, 0.3) is 5.70 Å². The van der Waals surface area contributed by atoms with Crippen molar-refractivity contribution in [2.75, 3.05) is 18.5 Å². The average Bonchev–Trinajstić information content (AvgIpc) is 2.86. The third kappa shape index (κ3) is 5.63. The lowest BCUT2D eigenvalue weighted by molar-refractivity contribution is -0.113. The maximum atomic E-state index is 13.8. The summed E-state index contributed by atoms with van der Waals surface area (Å²) in [5.74, 6) is 1.05. The van der Waals surface area contributed by atoms with E-state index >= 15 is 0 Å². The van der Waals surface area contributed by atoms with Gasteiger partial charge in [-0.15, -0.1) is 0 Å². The number of carbonyl (C=O) groups excluding carboxylic acids is 1. The minimum atomic E-state index is -0.501. The van der Waals surface area contributed by atoms with Crippen LogP contribution in [0.3, 0.4) is 0 Å². The van der Waals surface area contributed by atoms with E-state index in [2.05, 4.69) is 16.0 Å². The first kappa shape index (κ1) is 24.3. The van der Waals surface area contributed by atoms with Gasteiger partial charge in [0.05, 0.1) is 30.5 Å². The summed E-state index contributed by atoms with van der Waals surface area (Å²) in [4.78, 5) is 13.8. The molecule has 1 aliphatic rings. The van der Waals surface area contributed by atoms with Crippen LogP contribution in [0, 0.1) is 6.92 Å². The van der Waals surface area contributed by atoms with Crippen molar-refractivity contribution in [2.45, 2.75) is 26.8 Å². The summed E-state index contributed by atoms with van der Waals surface area (Å²) in [7, 11) is 0. The van der Waals surface area contributed by atoms with Crippen LogP contribution < -0.4 is 25.4 Å². The molecule has 35 heavy (non-hydrogen) atoms. The molecule has 0 fully saturated rings. The summed E-state index contributed by atoms with van der Waals surface area (Å²) < 4.78 is 11.6. The van der Waals surface area contributed by atoms with Crippen LogP contribution in [0.15, 0.2) is 78.4 Å². The standard InChI is InChI=1S/C28H29N3O3S/c1-4-33-22-16-13-20(17-23(22)34-5-2)26-24(27(32)29-21-14-11-18(3)12-15-21)25(30-28(35)31-26)19-9-7-6-8-10-19/h6-17,26H,4-5H2,1-3H3,(H,29,32)(H2,30,31,35)/t26-/m0/s1. The number of hydrogen-bond donors (Lipinski definition) is 3. The van der Waals surface area contributed by atoms with Gasteiger partial charge in [-0.25, -0.2) is 0 Å². The first-order valence-corrected chi connectivity index (χ1v) is 12.1. The second-order valence-electron chi connectivity index (χ2n) is 8.08. The van der Waals surface area contributed by atoms with Crippen molar-refractivity contribution >= 4 is 34.6 Å². The lowest BCUT2D eigenvalue weighted by Gasteiger charge is -2.32. The molecule has 4 rings (SSSR count). The quantitative estimate of drug-likeness (QED) is 0.372. The normalized spacial score (nSPS) is 15.2. The Bertz CT molecular complexity index is 1240. The number of benzene rings is 3. The zero-order valence-corrected chi connectivity index (χ0v) is 20.9. The Hall–Kier alpha value is -3.84. The highest BCUT2D eigenvalue weighted by Crippen LogP contribution is 2.36. The number of aryl methyl sites for hydroxylation is 1. The molecular formula is C28H29N3O3S. The van der Waals surface area contributed by atoms with Crippen molar-refractivity contribution in [3.8, 4) is 11.5 Å². The van der Waals surface area contributed by atoms with Crippen molar-refractivity contribution in [1.29, 1.82) is 0 Å². The van der Waals surface area contributed by atoms with Gasteiger partial charge >= 0.3 is 0 Å². The molecule has 0 aliphatic carbocycles. The topological polar surface area (TPSA) is 71.6 Å². The zero-order chi connectivity index (χ0) is 24.8. The van der Waals surface area contributed by atoms with Crippen LogP contribution >= 0.6 is 12.2 Å². The first-order chi connectivity index (χ1) is 17.0. The summed E-state index contributed by atoms with van der Waals surface area (Å²) in [6, 6.07) is 22.6. The van der Waals surface area contributed by atoms with Crippen molar-refractivity contribution < 1.29 is 14.3 Å². The Morgan fingerprint density at radius 3 is 2.31 bits per heavy atom. The lowest BCUT2D eigenvalue weighted by atomic mass is 9.91. The number of hydrogen-bond acceptors (Lipinski definition) is 4. The summed E-state index contributed by atoms with van der Waals surface area (Å²) in [6.45, 7) is 6.88. The van der Waals surface area contributed by atoms with E-state index in [9.17, 15) is 4.79 Å². The molecule has 1 amide bonds. The van der Waals surface area contributed by atoms with E-state index in [4.69, 9.17) is 21.7 Å². The molecule has 3 N–H and O–H groups in total. The summed E-state index contributed by atoms with van der Waals surface area (Å²) in [5.41, 5.74) is 4.73. The van der Waals surface area contributed by atoms with Crippen molar-refractivity contribution in [1.82, 2.24) is 10.6 Å². The Morgan fingerprint density at radius 1 is 0.943 bits per heavy atom. The van der Waals surface area contributed by atoms with Gasteiger partial charge in [-0.1, -0.05) is 54.1 Å². The number of anilines is 1. The van der Waals surface area contributed by atoms with Crippen LogP contribution in [0.4, 0.5) is 5.69 Å². The van der Waals surface area contributed by atoms with Crippen LogP contribution in [0.5, 0.6) is 11.5 Å². The second kappa shape index (κ2) is 11.1. The molecule has 7 heteroatoms. The molecule has 0 saturated carbocycles. The van der Waals surface area contributed by atoms with Gasteiger partial charge in [-0.2, -0.15) is 0 Å². The molecule has 6 nitrogen and oxygen atoms in total. The summed E-state index contributed by atoms with van der Waals surface area (Å²) in [5, 5.41) is 9.98. The van der Waals surface area contributed by atoms with Crippen LogP contribution in [-0.4, -0.2) is 24.2 Å². The largest absolute Gasteiger partial charge is 0.490 e. The van der Waals surface area contributed by atoms with Gasteiger partial charge in [0.2, 0.25) is 0 Å². The highest BCUT2D eigenvalue weighted by Gasteiger charge is 2.32. The van der Waals surface area contributed by atoms with Crippen molar-refractivity contribution in [3.63, 3.8) is 0 Å². The highest BCUT2D eigenvalue weighted by molar-refractivity contribution is 7.80. The molecule has 180 valence electrons. The Labute approximate surface area is 211 Å². The van der Waals surface area contributed by atoms with E-state index in [1.54, 1.807) is 0 Å². The van der Waals surface area contributed by atoms with Crippen molar-refractivity contribution in [2.24, 2.45) is 0 Å². The fourth-order valence-electron chi connectivity index (χ4n) is 3.97. The molecule has 0 saturated heterocycles. The minimum absolute atomic E-state index is 0.230. The number of nitrogens with one attached hydrogen (secondary N) is 3. The summed E-state index contributed by atoms with van der Waals surface area (Å²) in [6.07, 6.45) is 0. The van der Waals surface area contributed by atoms with E-state index in [0.29, 0.717) is 46.8 Å². The summed E-state index contributed by atoms with van der Waals surface area (Å²) >= 11 is 5.55. The van der Waals surface area contributed by atoms with Crippen LogP contribution in [-0.2, 0) is 4.79 Å². The number of thiocarbonyl (C=S) groups is 1. The Morgan fingerprint density at radius 2 is 1.63 bits per heavy atom. The number of amides is 1. The molecule has 0 unspecified atom stereocenters. The molecule has 0 spiro atoms. The van der Waals surface area contributed by atoms with Gasteiger partial charge < -0.3 is 25.4 Å². The molecule has 1 atom stereocenters. The average molecular weight is 488 g/mol. The molecule has 3 aromatic carbocycles. The van der Waals surface area contributed by atoms with Gasteiger partial charge in [0.25, 0.3) is 5.91 Å². The van der Waals surface area contributed by atoms with E-state index in [1.807, 2.05) is 93.6 Å². The fourth-order valence-corrected chi connectivity index (χ4v) is 4.19. The van der Waals surface area contributed by atoms with Crippen LogP contribution in [0.1, 0.15) is 36.6 Å². The fraction of sp³-hybridized carbons (Fsp3) is 0.214. The SMILES string of the molecule is CCOc1ccc([C@@H]2NC(=S)NC(c3ccccc3)=C2C(=O)Nc2ccc(C)cc2)cc1OCC. The van der Waals surface area contributed by atoms with Gasteiger partial charge in [0.1, 0.15) is 0 Å². The van der Waals surface area contributed by atoms with E-state index in [1.165, 1.54) is 0 Å². The van der Waals surface area contributed by atoms with Gasteiger partial charge in [-0.05, 0) is 68.4 Å². The first-order valence-electron chi connectivity index (χ1n) is 11.6. The number of carbonyl (C=O) groups is 1. The Balaban J connectivity index is 1.82. The molecule has 1 aliphatic heterocycles. The molecular weight excluding hydrogens is 458 g/mol. The predicted molar refractivity (Wildman–Crippen MR) is 144 cm³/mol. The molecule has 0 bridgehead atoms. The van der Waals surface area contributed by atoms with E-state index in [-0.39, 0.29) is 5.91 Å². The van der Waals surface area contributed by atoms with E-state index in [0.717, 1.165) is 16.7 Å². The maximum absolute atomic E-state index is 13.8. The maximum Gasteiger partial charge on any atom is 0.256 e. The smallest absolute Gasteiger partial charge is 0.256 e. The third-order valence-electron chi connectivity index (χ3n) is 5.59. The van der Waals surface area contributed by atoms with Crippen LogP contribution in [0.2, 0.25) is 0 Å². The molecule has 0 radical (unpaired) electrons. The third-order valence-corrected chi connectivity index (χ3v) is 5.81. The molecule has 3 aromatic rings. The number of rotatable bonds is 8. The molecule has 0 aromatic heterocycles. The van der Waals surface area contributed by atoms with Gasteiger partial charge in [0.15, 0.2) is 16.6 Å². The van der Waals surface area contributed by atoms with Gasteiger partial charge in [0, 0.05) is 5.69 Å². The van der Waals surface area contributed by atoms with Gasteiger partial charge in [-0.3, -0.25) is 4.79 Å². The number of ether oxygens (including phenoxy) is 2. The molecule has 1 heterocycles. The highest BCUT2D eigenvalue weighted by atomic mass is 32.1. The second-order valence-corrected chi connectivity index (χ2v) is 8.49. The van der Waals surface area contributed by atoms with E-state index < -0.39 is 6.04 Å². The van der Waals surface area contributed by atoms with Crippen molar-refractivity contribution in [3.05, 3.63) is 95.1 Å². The minimum Gasteiger partial charge on any atom is -0.490 e. The monoisotopic (exact) mass is 487 g/mol. The zero-order valence-electron chi connectivity index (χ0n) is 20.1. The Kier molecular flexibility index (Phi) is 7.67. The predicted octanol–water partition coefficient (Wildman–Crippen LogP) is 5.36. The lowest BCUT2D eigenvalue weighted by Crippen LogP contribution is -2.45.